The minimum atomic E-state index is -0.388. The molecule has 1 aromatic heterocycles. The van der Waals surface area contributed by atoms with Crippen LogP contribution in [0.3, 0.4) is 0 Å². The maximum absolute atomic E-state index is 12.9. The fourth-order valence-electron chi connectivity index (χ4n) is 3.13. The number of aromatic nitrogens is 3. The van der Waals surface area contributed by atoms with Crippen molar-refractivity contribution >= 4 is 39.1 Å². The molecule has 0 spiro atoms. The van der Waals surface area contributed by atoms with Gasteiger partial charge in [0.2, 0.25) is 5.82 Å². The van der Waals surface area contributed by atoms with Gasteiger partial charge in [0.05, 0.1) is 5.69 Å². The largest absolute Gasteiger partial charge is 0.319 e. The summed E-state index contributed by atoms with van der Waals surface area (Å²) in [5, 5.41) is 8.00. The third-order valence-corrected chi connectivity index (χ3v) is 5.54. The molecule has 0 aliphatic carbocycles. The standard InChI is InChI=1S/C23H18BrClN4O/c1-14-6-3-7-16(12-14)22-27-21(23(30)26-18-9-4-8-17(24)13-18)28-29(22)20-11-5-10-19(25)15(20)2/h3-13H,1-2H3,(H,26,30). The molecule has 1 amide bonds. The second-order valence-corrected chi connectivity index (χ2v) is 8.21. The van der Waals surface area contributed by atoms with Gasteiger partial charge in [-0.2, -0.15) is 0 Å². The highest BCUT2D eigenvalue weighted by atomic mass is 79.9. The van der Waals surface area contributed by atoms with E-state index in [0.717, 1.165) is 26.9 Å². The first-order valence-corrected chi connectivity index (χ1v) is 10.5. The smallest absolute Gasteiger partial charge is 0.295 e. The predicted octanol–water partition coefficient (Wildman–Crippen LogP) is 6.22. The van der Waals surface area contributed by atoms with E-state index < -0.39 is 0 Å². The molecular weight excluding hydrogens is 464 g/mol. The Morgan fingerprint density at radius 3 is 2.57 bits per heavy atom. The Kier molecular flexibility index (Phi) is 5.70. The summed E-state index contributed by atoms with van der Waals surface area (Å²) in [6.45, 7) is 3.93. The van der Waals surface area contributed by atoms with E-state index in [1.54, 1.807) is 4.68 Å². The molecule has 1 N–H and O–H groups in total. The summed E-state index contributed by atoms with van der Waals surface area (Å²) >= 11 is 9.74. The molecule has 0 bridgehead atoms. The molecule has 30 heavy (non-hydrogen) atoms. The Bertz CT molecular complexity index is 1250. The first-order valence-electron chi connectivity index (χ1n) is 9.29. The summed E-state index contributed by atoms with van der Waals surface area (Å²) in [5.74, 6) is 0.259. The molecule has 5 nitrogen and oxygen atoms in total. The van der Waals surface area contributed by atoms with Crippen LogP contribution in [0.2, 0.25) is 5.02 Å². The van der Waals surface area contributed by atoms with E-state index in [0.29, 0.717) is 16.5 Å². The molecule has 0 aliphatic rings. The first-order chi connectivity index (χ1) is 14.4. The zero-order valence-electron chi connectivity index (χ0n) is 16.4. The molecule has 1 heterocycles. The monoisotopic (exact) mass is 480 g/mol. The lowest BCUT2D eigenvalue weighted by molar-refractivity contribution is 0.101. The van der Waals surface area contributed by atoms with Crippen molar-refractivity contribution in [2.45, 2.75) is 13.8 Å². The Labute approximate surface area is 187 Å². The number of carbonyl (C=O) groups is 1. The number of aryl methyl sites for hydroxylation is 1. The van der Waals surface area contributed by atoms with Gasteiger partial charge in [-0.1, -0.05) is 63.4 Å². The van der Waals surface area contributed by atoms with E-state index >= 15 is 0 Å². The second kappa shape index (κ2) is 8.42. The van der Waals surface area contributed by atoms with Gasteiger partial charge in [-0.15, -0.1) is 5.10 Å². The molecule has 4 aromatic rings. The van der Waals surface area contributed by atoms with E-state index in [1.165, 1.54) is 0 Å². The van der Waals surface area contributed by atoms with Crippen LogP contribution in [-0.4, -0.2) is 20.7 Å². The van der Waals surface area contributed by atoms with Crippen LogP contribution in [0.15, 0.2) is 71.2 Å². The van der Waals surface area contributed by atoms with Crippen molar-refractivity contribution in [1.29, 1.82) is 0 Å². The van der Waals surface area contributed by atoms with Crippen molar-refractivity contribution in [3.63, 3.8) is 0 Å². The van der Waals surface area contributed by atoms with Gasteiger partial charge in [0, 0.05) is 20.7 Å². The molecule has 150 valence electrons. The number of anilines is 1. The van der Waals surface area contributed by atoms with Crippen molar-refractivity contribution in [2.75, 3.05) is 5.32 Å². The molecule has 3 aromatic carbocycles. The van der Waals surface area contributed by atoms with Crippen LogP contribution < -0.4 is 5.32 Å². The van der Waals surface area contributed by atoms with Crippen molar-refractivity contribution in [1.82, 2.24) is 14.8 Å². The fraction of sp³-hybridized carbons (Fsp3) is 0.0870. The third-order valence-electron chi connectivity index (χ3n) is 4.64. The van der Waals surface area contributed by atoms with E-state index in [4.69, 9.17) is 11.6 Å². The SMILES string of the molecule is Cc1cccc(-c2nc(C(=O)Nc3cccc(Br)c3)nn2-c2cccc(Cl)c2C)c1. The lowest BCUT2D eigenvalue weighted by atomic mass is 10.1. The number of nitrogens with zero attached hydrogens (tertiary/aromatic N) is 3. The highest BCUT2D eigenvalue weighted by Crippen LogP contribution is 2.27. The highest BCUT2D eigenvalue weighted by molar-refractivity contribution is 9.10. The number of hydrogen-bond acceptors (Lipinski definition) is 3. The van der Waals surface area contributed by atoms with Crippen molar-refractivity contribution in [3.8, 4) is 17.1 Å². The molecule has 0 unspecified atom stereocenters. The van der Waals surface area contributed by atoms with Crippen LogP contribution in [-0.2, 0) is 0 Å². The number of halogens is 2. The molecule has 4 rings (SSSR count). The normalized spacial score (nSPS) is 10.8. The molecule has 0 saturated heterocycles. The molecule has 0 radical (unpaired) electrons. The average molecular weight is 482 g/mol. The highest BCUT2D eigenvalue weighted by Gasteiger charge is 2.20. The summed E-state index contributed by atoms with van der Waals surface area (Å²) in [6.07, 6.45) is 0. The van der Waals surface area contributed by atoms with E-state index in [-0.39, 0.29) is 11.7 Å². The minimum Gasteiger partial charge on any atom is -0.319 e. The Morgan fingerprint density at radius 1 is 1.03 bits per heavy atom. The minimum absolute atomic E-state index is 0.0749. The van der Waals surface area contributed by atoms with Crippen LogP contribution in [0.5, 0.6) is 0 Å². The van der Waals surface area contributed by atoms with Crippen molar-refractivity contribution < 1.29 is 4.79 Å². The second-order valence-electron chi connectivity index (χ2n) is 6.89. The van der Waals surface area contributed by atoms with Crippen molar-refractivity contribution in [2.24, 2.45) is 0 Å². The summed E-state index contributed by atoms with van der Waals surface area (Å²) < 4.78 is 2.54. The van der Waals surface area contributed by atoms with Gasteiger partial charge in [0.15, 0.2) is 5.82 Å². The molecule has 0 aliphatic heterocycles. The van der Waals surface area contributed by atoms with Gasteiger partial charge in [0.25, 0.3) is 5.91 Å². The number of amides is 1. The molecule has 0 saturated carbocycles. The van der Waals surface area contributed by atoms with Gasteiger partial charge >= 0.3 is 0 Å². The number of hydrogen-bond donors (Lipinski definition) is 1. The maximum Gasteiger partial charge on any atom is 0.295 e. The van der Waals surface area contributed by atoms with Gasteiger partial charge in [-0.3, -0.25) is 4.79 Å². The molecule has 0 atom stereocenters. The lowest BCUT2D eigenvalue weighted by Crippen LogP contribution is -2.14. The topological polar surface area (TPSA) is 59.8 Å². The molecule has 0 fully saturated rings. The van der Waals surface area contributed by atoms with E-state index in [1.807, 2.05) is 80.6 Å². The quantitative estimate of drug-likeness (QED) is 0.376. The van der Waals surface area contributed by atoms with Crippen molar-refractivity contribution in [3.05, 3.63) is 93.2 Å². The number of rotatable bonds is 4. The van der Waals surface area contributed by atoms with Crippen LogP contribution >= 0.6 is 27.5 Å². The Morgan fingerprint density at radius 2 is 1.80 bits per heavy atom. The number of benzene rings is 3. The van der Waals surface area contributed by atoms with E-state index in [9.17, 15) is 4.79 Å². The molecular formula is C23H18BrClN4O. The summed E-state index contributed by atoms with van der Waals surface area (Å²) in [6, 6.07) is 20.9. The Hall–Kier alpha value is -2.96. The van der Waals surface area contributed by atoms with Crippen LogP contribution in [0.1, 0.15) is 21.7 Å². The maximum atomic E-state index is 12.9. The zero-order valence-corrected chi connectivity index (χ0v) is 18.7. The zero-order chi connectivity index (χ0) is 21.3. The van der Waals surface area contributed by atoms with E-state index in [2.05, 4.69) is 31.3 Å². The first kappa shape index (κ1) is 20.3. The van der Waals surface area contributed by atoms with Gasteiger partial charge in [-0.05, 0) is 55.8 Å². The number of nitrogens with one attached hydrogen (secondary N) is 1. The average Bonchev–Trinajstić information content (AvgIpc) is 3.15. The summed E-state index contributed by atoms with van der Waals surface area (Å²) in [5.41, 5.74) is 4.24. The lowest BCUT2D eigenvalue weighted by Gasteiger charge is -2.10. The van der Waals surface area contributed by atoms with Crippen LogP contribution in [0, 0.1) is 13.8 Å². The van der Waals surface area contributed by atoms with Gasteiger partial charge < -0.3 is 5.32 Å². The number of carbonyl (C=O) groups excluding carboxylic acids is 1. The Balaban J connectivity index is 1.81. The van der Waals surface area contributed by atoms with Crippen LogP contribution in [0.4, 0.5) is 5.69 Å². The summed E-state index contributed by atoms with van der Waals surface area (Å²) in [4.78, 5) is 17.5. The molecule has 7 heteroatoms. The van der Waals surface area contributed by atoms with Gasteiger partial charge in [-0.25, -0.2) is 9.67 Å². The predicted molar refractivity (Wildman–Crippen MR) is 123 cm³/mol. The third kappa shape index (κ3) is 4.15. The fourth-order valence-corrected chi connectivity index (χ4v) is 3.69. The van der Waals surface area contributed by atoms with Crippen LogP contribution in [0.25, 0.3) is 17.1 Å². The van der Waals surface area contributed by atoms with Gasteiger partial charge in [0.1, 0.15) is 0 Å². The summed E-state index contributed by atoms with van der Waals surface area (Å²) in [7, 11) is 0.